The van der Waals surface area contributed by atoms with Crippen molar-refractivity contribution >= 4 is 22.5 Å². The number of rotatable bonds is 6. The van der Waals surface area contributed by atoms with Crippen LogP contribution in [0.3, 0.4) is 0 Å². The van der Waals surface area contributed by atoms with Crippen molar-refractivity contribution in [1.29, 1.82) is 0 Å². The van der Waals surface area contributed by atoms with Crippen LogP contribution in [-0.4, -0.2) is 52.3 Å². The van der Waals surface area contributed by atoms with Crippen LogP contribution in [0.25, 0.3) is 16.6 Å². The fourth-order valence-electron chi connectivity index (χ4n) is 3.01. The van der Waals surface area contributed by atoms with E-state index in [0.29, 0.717) is 29.0 Å². The number of esters is 1. The van der Waals surface area contributed by atoms with Gasteiger partial charge in [0.05, 0.1) is 12.1 Å². The van der Waals surface area contributed by atoms with Gasteiger partial charge in [0.2, 0.25) is 13.2 Å². The molecule has 4 rings (SSSR count). The molecule has 3 aromatic rings. The highest BCUT2D eigenvalue weighted by Gasteiger charge is 2.26. The highest BCUT2D eigenvalue weighted by molar-refractivity contribution is 5.95. The smallest absolute Gasteiger partial charge is 0.378 e. The maximum absolute atomic E-state index is 13.2. The Morgan fingerprint density at radius 1 is 1.25 bits per heavy atom. The number of hydrogen-bond acceptors (Lipinski definition) is 9. The molecule has 0 N–H and O–H groups in total. The summed E-state index contributed by atoms with van der Waals surface area (Å²) in [7, 11) is 1.42. The van der Waals surface area contributed by atoms with Gasteiger partial charge in [-0.2, -0.15) is 4.52 Å². The summed E-state index contributed by atoms with van der Waals surface area (Å²) in [5.74, 6) is 0.0207. The second-order valence-electron chi connectivity index (χ2n) is 5.76. The first-order chi connectivity index (χ1) is 13.6. The number of methoxy groups -OCH3 is 1. The molecule has 0 fully saturated rings. The number of carbonyl (C=O) groups is 1. The third-order valence-electron chi connectivity index (χ3n) is 4.17. The quantitative estimate of drug-likeness (QED) is 0.450. The number of benzene rings is 1. The molecule has 1 aliphatic heterocycles. The average Bonchev–Trinajstić information content (AvgIpc) is 3.33. The molecule has 11 nitrogen and oxygen atoms in total. The molecule has 0 saturated heterocycles. The largest absolute Gasteiger partial charge is 0.460 e. The lowest BCUT2D eigenvalue weighted by Gasteiger charge is -2.20. The Morgan fingerprint density at radius 2 is 2.00 bits per heavy atom. The van der Waals surface area contributed by atoms with Crippen LogP contribution in [0.4, 0.5) is 0 Å². The van der Waals surface area contributed by atoms with E-state index in [2.05, 4.69) is 10.1 Å². The Kier molecular flexibility index (Phi) is 4.61. The second kappa shape index (κ2) is 7.09. The zero-order valence-corrected chi connectivity index (χ0v) is 15.5. The number of hydrogen-bond donors (Lipinski definition) is 0. The van der Waals surface area contributed by atoms with E-state index < -0.39 is 18.1 Å². The summed E-state index contributed by atoms with van der Waals surface area (Å²) in [6, 6.07) is 3.31. The summed E-state index contributed by atoms with van der Waals surface area (Å²) >= 11 is 0. The first kappa shape index (κ1) is 18.2. The van der Waals surface area contributed by atoms with Gasteiger partial charge >= 0.3 is 11.7 Å². The summed E-state index contributed by atoms with van der Waals surface area (Å²) in [4.78, 5) is 29.4. The number of fused-ring (bicyclic) bond motifs is 4. The molecule has 148 valence electrons. The molecule has 11 heteroatoms. The molecular weight excluding hydrogens is 372 g/mol. The van der Waals surface area contributed by atoms with Crippen LogP contribution in [0.5, 0.6) is 11.5 Å². The molecule has 0 saturated carbocycles. The molecule has 0 radical (unpaired) electrons. The van der Waals surface area contributed by atoms with Crippen molar-refractivity contribution in [3.05, 3.63) is 28.4 Å². The fourth-order valence-corrected chi connectivity index (χ4v) is 3.01. The number of carbonyl (C=O) groups excluding carboxylic acids is 1. The van der Waals surface area contributed by atoms with Crippen LogP contribution in [-0.2, 0) is 14.2 Å². The van der Waals surface area contributed by atoms with Crippen LogP contribution in [0.15, 0.2) is 16.9 Å². The Labute approximate surface area is 158 Å². The van der Waals surface area contributed by atoms with Gasteiger partial charge in [-0.25, -0.2) is 19.1 Å². The monoisotopic (exact) mass is 390 g/mol. The first-order valence-electron chi connectivity index (χ1n) is 8.65. The first-order valence-corrected chi connectivity index (χ1v) is 8.65. The van der Waals surface area contributed by atoms with Gasteiger partial charge in [-0.3, -0.25) is 0 Å². The predicted octanol–water partition coefficient (Wildman–Crippen LogP) is 1.09. The van der Waals surface area contributed by atoms with Gasteiger partial charge in [-0.05, 0) is 19.9 Å². The van der Waals surface area contributed by atoms with Gasteiger partial charge < -0.3 is 23.7 Å². The van der Waals surface area contributed by atoms with E-state index in [1.165, 1.54) is 11.7 Å². The third kappa shape index (κ3) is 2.75. The van der Waals surface area contributed by atoms with Crippen molar-refractivity contribution in [3.8, 4) is 11.5 Å². The van der Waals surface area contributed by atoms with Crippen molar-refractivity contribution in [3.63, 3.8) is 0 Å². The molecule has 2 aromatic heterocycles. The molecule has 1 aliphatic rings. The van der Waals surface area contributed by atoms with Crippen molar-refractivity contribution in [2.24, 2.45) is 0 Å². The number of aromatic nitrogens is 4. The van der Waals surface area contributed by atoms with Gasteiger partial charge in [-0.1, -0.05) is 0 Å². The molecule has 0 amide bonds. The van der Waals surface area contributed by atoms with Crippen LogP contribution in [0.2, 0.25) is 0 Å². The number of nitrogens with zero attached hydrogens (tertiary/aromatic N) is 4. The van der Waals surface area contributed by atoms with Crippen LogP contribution >= 0.6 is 0 Å². The molecule has 28 heavy (non-hydrogen) atoms. The second-order valence-corrected chi connectivity index (χ2v) is 5.76. The van der Waals surface area contributed by atoms with E-state index in [9.17, 15) is 9.59 Å². The predicted molar refractivity (Wildman–Crippen MR) is 94.5 cm³/mol. The lowest BCUT2D eigenvalue weighted by Crippen LogP contribution is -2.33. The van der Waals surface area contributed by atoms with Crippen LogP contribution in [0, 0.1) is 0 Å². The fraction of sp³-hybridized carbons (Fsp3) is 0.412. The van der Waals surface area contributed by atoms with E-state index in [0.717, 1.165) is 4.52 Å². The lowest BCUT2D eigenvalue weighted by molar-refractivity contribution is -0.171. The third-order valence-corrected chi connectivity index (χ3v) is 4.17. The zero-order valence-electron chi connectivity index (χ0n) is 15.5. The summed E-state index contributed by atoms with van der Waals surface area (Å²) in [5.41, 5.74) is 0.0264. The van der Waals surface area contributed by atoms with Gasteiger partial charge in [0, 0.05) is 25.2 Å². The summed E-state index contributed by atoms with van der Waals surface area (Å²) < 4.78 is 29.0. The summed E-state index contributed by atoms with van der Waals surface area (Å²) in [5, 5.41) is 4.53. The van der Waals surface area contributed by atoms with Gasteiger partial charge in [0.1, 0.15) is 0 Å². The highest BCUT2D eigenvalue weighted by atomic mass is 16.7. The minimum atomic E-state index is -1.01. The van der Waals surface area contributed by atoms with Crippen molar-refractivity contribution in [2.75, 3.05) is 27.1 Å². The Balaban J connectivity index is 2.07. The van der Waals surface area contributed by atoms with E-state index in [-0.39, 0.29) is 24.9 Å². The van der Waals surface area contributed by atoms with E-state index >= 15 is 0 Å². The van der Waals surface area contributed by atoms with E-state index in [4.69, 9.17) is 23.7 Å². The molecule has 1 unspecified atom stereocenters. The molecule has 0 spiro atoms. The van der Waals surface area contributed by atoms with E-state index in [1.807, 2.05) is 0 Å². The Hall–Kier alpha value is -3.18. The maximum Gasteiger partial charge on any atom is 0.378 e. The highest BCUT2D eigenvalue weighted by Crippen LogP contribution is 2.37. The topological polar surface area (TPSA) is 115 Å². The minimum Gasteiger partial charge on any atom is -0.460 e. The molecule has 0 aliphatic carbocycles. The Bertz CT molecular complexity index is 1120. The normalized spacial score (nSPS) is 14.0. The van der Waals surface area contributed by atoms with Crippen molar-refractivity contribution in [2.45, 2.75) is 20.3 Å². The number of ether oxygens (including phenoxy) is 5. The molecule has 1 aromatic carbocycles. The van der Waals surface area contributed by atoms with Crippen molar-refractivity contribution in [1.82, 2.24) is 19.2 Å². The summed E-state index contributed by atoms with van der Waals surface area (Å²) in [6.07, 6.45) is -1.01. The van der Waals surface area contributed by atoms with Gasteiger partial charge in [-0.15, -0.1) is 5.10 Å². The zero-order chi connectivity index (χ0) is 19.8. The van der Waals surface area contributed by atoms with Gasteiger partial charge in [0.15, 0.2) is 17.1 Å². The van der Waals surface area contributed by atoms with Crippen LogP contribution in [0.1, 0.15) is 30.9 Å². The minimum absolute atomic E-state index is 0.0616. The lowest BCUT2D eigenvalue weighted by atomic mass is 10.2. The molecular formula is C17H18N4O7. The molecule has 1 atom stereocenters. The standard InChI is InChI=1S/C17H18N4O7/c1-4-25-15(22)13-18-14-9-6-11-12(28-8-27-11)7-10(9)20(16(23)21(14)19-13)17(24-3)26-5-2/h6-7,17H,4-5,8H2,1-3H3. The van der Waals surface area contributed by atoms with Gasteiger partial charge in [0.25, 0.3) is 5.82 Å². The Morgan fingerprint density at radius 3 is 2.68 bits per heavy atom. The van der Waals surface area contributed by atoms with Crippen LogP contribution < -0.4 is 15.2 Å². The van der Waals surface area contributed by atoms with Crippen molar-refractivity contribution < 1.29 is 28.5 Å². The summed E-state index contributed by atoms with van der Waals surface area (Å²) in [6.45, 7) is 3.98. The average molecular weight is 390 g/mol. The maximum atomic E-state index is 13.2. The SMILES string of the molecule is CCOC(=O)c1nc2c3cc4c(cc3n(C(OC)OCC)c(=O)n2n1)OCO4. The van der Waals surface area contributed by atoms with E-state index in [1.54, 1.807) is 26.0 Å². The molecule has 0 bridgehead atoms. The molecule has 3 heterocycles.